The highest BCUT2D eigenvalue weighted by Gasteiger charge is 2.43. The van der Waals surface area contributed by atoms with Crippen LogP contribution in [0.1, 0.15) is 50.1 Å². The van der Waals surface area contributed by atoms with Crippen molar-refractivity contribution in [3.63, 3.8) is 0 Å². The molecule has 96 heavy (non-hydrogen) atoms. The summed E-state index contributed by atoms with van der Waals surface area (Å²) in [6, 6.07) is 23.4. The number of alkyl halides is 24. The lowest BCUT2D eigenvalue weighted by Gasteiger charge is -2.20. The standard InChI is InChI=1S/C68H30F24N4/c69-61(70,71)37-9-13-41(50(25-37)65(81,82)83)32-5-17-54-46(21-32)47-22-33(42-14-10-38(62(72,73)74)26-51(42)66(84,85)86)6-18-55(47)95(54)58-30-94-31-59(60(58)45-4-2-1-3-36(45)29-93)96-56-19-7-34(43-15-11-39(63(75,76)77)27-52(43)67(87,88)89)23-48(56)49-24-35(8-20-57(49)96)44-16-12-40(64(78,79)80)28-53(44)68(90,91)92/h1-28,30-31H. The summed E-state index contributed by atoms with van der Waals surface area (Å²) in [5.41, 5.74) is -20.2. The topological polar surface area (TPSA) is 46.5 Å². The molecule has 0 aliphatic rings. The molecule has 0 radical (unpaired) electrons. The Bertz CT molecular complexity index is 4640. The zero-order valence-corrected chi connectivity index (χ0v) is 47.2. The van der Waals surface area contributed by atoms with E-state index < -0.39 is 138 Å². The normalized spacial score (nSPS) is 13.2. The maximum atomic E-state index is 14.9. The van der Waals surface area contributed by atoms with Gasteiger partial charge >= 0.3 is 49.4 Å². The monoisotopic (exact) mass is 1360 g/mol. The first-order chi connectivity index (χ1) is 44.6. The quantitative estimate of drug-likeness (QED) is 0.149. The molecule has 28 heteroatoms. The fourth-order valence-corrected chi connectivity index (χ4v) is 11.9. The third-order valence-corrected chi connectivity index (χ3v) is 16.1. The Hall–Kier alpha value is -10.5. The van der Waals surface area contributed by atoms with Gasteiger partial charge in [0.1, 0.15) is 0 Å². The molecule has 12 aromatic rings. The van der Waals surface area contributed by atoms with Crippen LogP contribution >= 0.6 is 0 Å². The van der Waals surface area contributed by atoms with Crippen molar-refractivity contribution in [1.29, 1.82) is 5.26 Å². The summed E-state index contributed by atoms with van der Waals surface area (Å²) < 4.78 is 349. The van der Waals surface area contributed by atoms with Crippen LogP contribution in [0.15, 0.2) is 182 Å². The van der Waals surface area contributed by atoms with E-state index >= 15 is 0 Å². The molecule has 490 valence electrons. The molecule has 3 aromatic heterocycles. The van der Waals surface area contributed by atoms with Crippen molar-refractivity contribution >= 4 is 43.6 Å². The van der Waals surface area contributed by atoms with Crippen LogP contribution in [0.4, 0.5) is 105 Å². The van der Waals surface area contributed by atoms with Gasteiger partial charge in [0.05, 0.1) is 102 Å². The smallest absolute Gasteiger partial charge is 0.307 e. The van der Waals surface area contributed by atoms with Gasteiger partial charge in [-0.05, 0) is 148 Å². The maximum Gasteiger partial charge on any atom is 0.417 e. The van der Waals surface area contributed by atoms with Crippen LogP contribution < -0.4 is 0 Å². The molecule has 0 aliphatic heterocycles. The van der Waals surface area contributed by atoms with Crippen LogP contribution in [0.25, 0.3) is 111 Å². The van der Waals surface area contributed by atoms with Gasteiger partial charge in [-0.25, -0.2) is 0 Å². The highest BCUT2D eigenvalue weighted by molar-refractivity contribution is 6.14. The predicted octanol–water partition coefficient (Wildman–Crippen LogP) is 23.6. The zero-order valence-electron chi connectivity index (χ0n) is 47.2. The number of rotatable bonds is 7. The van der Waals surface area contributed by atoms with Gasteiger partial charge in [-0.1, -0.05) is 66.7 Å². The highest BCUT2D eigenvalue weighted by Crippen LogP contribution is 2.51. The van der Waals surface area contributed by atoms with Crippen molar-refractivity contribution in [2.75, 3.05) is 0 Å². The van der Waals surface area contributed by atoms with Crippen molar-refractivity contribution in [1.82, 2.24) is 14.1 Å². The average molecular weight is 1360 g/mol. The molecule has 0 amide bonds. The fourth-order valence-electron chi connectivity index (χ4n) is 11.9. The van der Waals surface area contributed by atoms with E-state index in [2.05, 4.69) is 4.98 Å². The van der Waals surface area contributed by atoms with E-state index in [9.17, 15) is 111 Å². The van der Waals surface area contributed by atoms with Gasteiger partial charge in [0.2, 0.25) is 0 Å². The summed E-state index contributed by atoms with van der Waals surface area (Å²) in [5.74, 6) is 0. The van der Waals surface area contributed by atoms with Gasteiger partial charge in [-0.2, -0.15) is 111 Å². The Morgan fingerprint density at radius 3 is 0.781 bits per heavy atom. The van der Waals surface area contributed by atoms with Crippen LogP contribution in [-0.2, 0) is 49.4 Å². The molecule has 0 atom stereocenters. The first kappa shape index (κ1) is 65.6. The summed E-state index contributed by atoms with van der Waals surface area (Å²) in [4.78, 5) is 4.50. The molecule has 0 unspecified atom stereocenters. The Balaban J connectivity index is 1.20. The van der Waals surface area contributed by atoms with Crippen LogP contribution in [0.2, 0.25) is 0 Å². The molecular formula is C68H30F24N4. The third kappa shape index (κ3) is 11.7. The lowest BCUT2D eigenvalue weighted by Crippen LogP contribution is -2.12. The van der Waals surface area contributed by atoms with E-state index in [1.54, 1.807) is 0 Å². The number of fused-ring (bicyclic) bond motifs is 6. The summed E-state index contributed by atoms with van der Waals surface area (Å²) in [6.07, 6.45) is -40.8. The Kier molecular flexibility index (Phi) is 15.3. The molecule has 0 N–H and O–H groups in total. The van der Waals surface area contributed by atoms with Crippen LogP contribution in [0.5, 0.6) is 0 Å². The molecule has 12 rings (SSSR count). The van der Waals surface area contributed by atoms with Crippen LogP contribution in [0, 0.1) is 11.3 Å². The van der Waals surface area contributed by atoms with Crippen molar-refractivity contribution in [2.45, 2.75) is 49.4 Å². The lowest BCUT2D eigenvalue weighted by molar-refractivity contribution is -0.144. The van der Waals surface area contributed by atoms with Gasteiger partial charge in [-0.3, -0.25) is 4.98 Å². The van der Waals surface area contributed by atoms with Gasteiger partial charge in [0.25, 0.3) is 0 Å². The highest BCUT2D eigenvalue weighted by atomic mass is 19.4. The number of benzene rings is 9. The number of hydrogen-bond acceptors (Lipinski definition) is 2. The Morgan fingerprint density at radius 2 is 0.542 bits per heavy atom. The summed E-state index contributed by atoms with van der Waals surface area (Å²) in [6.45, 7) is 0. The maximum absolute atomic E-state index is 14.9. The number of halogens is 24. The minimum atomic E-state index is -5.48. The average Bonchev–Trinajstić information content (AvgIpc) is 1.55. The second-order valence-electron chi connectivity index (χ2n) is 21.8. The number of nitriles is 1. The molecule has 3 heterocycles. The molecule has 0 fully saturated rings. The number of pyridine rings is 1. The SMILES string of the molecule is N#Cc1ccccc1-c1c(-n2c3ccc(-c4ccc(C(F)(F)F)cc4C(F)(F)F)cc3c3cc(-c4ccc(C(F)(F)F)cc4C(F)(F)F)ccc32)cncc1-n1c2ccc(-c3ccc(C(F)(F)F)cc3C(F)(F)F)cc2c2cc(-c3ccc(C(F)(F)F)cc3C(F)(F)F)ccc21. The Morgan fingerprint density at radius 1 is 0.281 bits per heavy atom. The molecule has 0 spiro atoms. The molecular weight excluding hydrogens is 1330 g/mol. The third-order valence-electron chi connectivity index (χ3n) is 16.1. The first-order valence-corrected chi connectivity index (χ1v) is 27.4. The first-order valence-electron chi connectivity index (χ1n) is 27.4. The van der Waals surface area contributed by atoms with Gasteiger partial charge in [0.15, 0.2) is 0 Å². The molecule has 0 saturated carbocycles. The second kappa shape index (κ2) is 22.3. The molecule has 0 aliphatic carbocycles. The van der Waals surface area contributed by atoms with Crippen LogP contribution in [-0.4, -0.2) is 14.1 Å². The fraction of sp³-hybridized carbons (Fsp3) is 0.118. The summed E-state index contributed by atoms with van der Waals surface area (Å²) in [7, 11) is 0. The van der Waals surface area contributed by atoms with Crippen molar-refractivity contribution in [3.8, 4) is 73.1 Å². The van der Waals surface area contributed by atoms with Crippen LogP contribution in [0.3, 0.4) is 0 Å². The van der Waals surface area contributed by atoms with E-state index in [-0.39, 0.29) is 95.9 Å². The van der Waals surface area contributed by atoms with Crippen molar-refractivity contribution in [3.05, 3.63) is 232 Å². The molecule has 0 saturated heterocycles. The van der Waals surface area contributed by atoms with Gasteiger partial charge in [-0.15, -0.1) is 0 Å². The number of aromatic nitrogens is 3. The molecule has 4 nitrogen and oxygen atoms in total. The minimum absolute atomic E-state index is 0.0304. The lowest BCUT2D eigenvalue weighted by atomic mass is 9.94. The number of hydrogen-bond donors (Lipinski definition) is 0. The molecule has 0 bridgehead atoms. The zero-order chi connectivity index (χ0) is 69.5. The van der Waals surface area contributed by atoms with Crippen molar-refractivity contribution < 1.29 is 105 Å². The van der Waals surface area contributed by atoms with E-state index in [4.69, 9.17) is 0 Å². The summed E-state index contributed by atoms with van der Waals surface area (Å²) >= 11 is 0. The largest absolute Gasteiger partial charge is 0.417 e. The predicted molar refractivity (Wildman–Crippen MR) is 305 cm³/mol. The van der Waals surface area contributed by atoms with E-state index in [1.165, 1.54) is 33.4 Å². The van der Waals surface area contributed by atoms with Gasteiger partial charge < -0.3 is 9.13 Å². The second-order valence-corrected chi connectivity index (χ2v) is 21.8. The number of nitrogens with zero attached hydrogens (tertiary/aromatic N) is 4. The minimum Gasteiger partial charge on any atom is -0.307 e. The van der Waals surface area contributed by atoms with E-state index in [0.717, 1.165) is 85.2 Å². The van der Waals surface area contributed by atoms with E-state index in [1.807, 2.05) is 6.07 Å². The summed E-state index contributed by atoms with van der Waals surface area (Å²) in [5, 5.41) is 10.0. The Labute approximate surface area is 521 Å². The molecule has 9 aromatic carbocycles. The van der Waals surface area contributed by atoms with E-state index in [0.29, 0.717) is 48.5 Å². The van der Waals surface area contributed by atoms with Crippen molar-refractivity contribution in [2.24, 2.45) is 0 Å². The van der Waals surface area contributed by atoms with Gasteiger partial charge in [0, 0.05) is 32.7 Å².